The Hall–Kier alpha value is -4.52. The van der Waals surface area contributed by atoms with Crippen LogP contribution in [0.25, 0.3) is 11.4 Å². The molecule has 1 N–H and O–H groups in total. The molecule has 3 aromatic carbocycles. The maximum Gasteiger partial charge on any atom is 0.275 e. The fraction of sp³-hybridized carbons (Fsp3) is 0.172. The van der Waals surface area contributed by atoms with Gasteiger partial charge < -0.3 is 9.47 Å². The number of hydrogen-bond donors (Lipinski definition) is 1. The molecule has 1 aliphatic heterocycles. The molecule has 1 aliphatic rings. The van der Waals surface area contributed by atoms with Crippen molar-refractivity contribution in [3.63, 3.8) is 0 Å². The zero-order chi connectivity index (χ0) is 24.8. The molecule has 0 aliphatic carbocycles. The van der Waals surface area contributed by atoms with Crippen LogP contribution in [0.2, 0.25) is 0 Å². The molecular weight excluding hydrogens is 452 g/mol. The normalized spacial score (nSPS) is 14.1. The van der Waals surface area contributed by atoms with Gasteiger partial charge in [-0.3, -0.25) is 9.89 Å². The number of aromatic nitrogens is 4. The highest BCUT2D eigenvalue weighted by molar-refractivity contribution is 5.63. The zero-order valence-electron chi connectivity index (χ0n) is 20.4. The summed E-state index contributed by atoms with van der Waals surface area (Å²) in [6, 6.07) is 25.3. The van der Waals surface area contributed by atoms with Crippen LogP contribution in [0.1, 0.15) is 40.9 Å². The second-order valence-electron chi connectivity index (χ2n) is 8.82. The minimum Gasteiger partial charge on any atom is -0.490 e. The molecule has 0 saturated carbocycles. The fourth-order valence-electron chi connectivity index (χ4n) is 5.04. The van der Waals surface area contributed by atoms with E-state index in [9.17, 15) is 4.79 Å². The zero-order valence-corrected chi connectivity index (χ0v) is 20.4. The summed E-state index contributed by atoms with van der Waals surface area (Å²) in [5.74, 6) is 1.46. The Balaban J connectivity index is 1.64. The summed E-state index contributed by atoms with van der Waals surface area (Å²) in [5, 5.41) is 8.14. The molecule has 5 aromatic rings. The smallest absolute Gasteiger partial charge is 0.275 e. The van der Waals surface area contributed by atoms with Crippen molar-refractivity contribution in [3.8, 4) is 28.8 Å². The number of hydrogen-bond acceptors (Lipinski definition) is 4. The van der Waals surface area contributed by atoms with Crippen LogP contribution in [0.15, 0.2) is 83.7 Å². The van der Waals surface area contributed by atoms with Crippen molar-refractivity contribution in [3.05, 3.63) is 117 Å². The number of rotatable bonds is 5. The lowest BCUT2D eigenvalue weighted by Gasteiger charge is -2.27. The number of nitrogens with one attached hydrogen (secondary N) is 1. The molecular formula is C29H26N4O3. The Bertz CT molecular complexity index is 1610. The molecule has 0 bridgehead atoms. The minimum atomic E-state index is -0.379. The minimum absolute atomic E-state index is 0.101. The molecule has 0 radical (unpaired) electrons. The summed E-state index contributed by atoms with van der Waals surface area (Å²) in [6.45, 7) is 6.34. The first-order chi connectivity index (χ1) is 17.6. The van der Waals surface area contributed by atoms with Gasteiger partial charge in [-0.25, -0.2) is 9.36 Å². The molecule has 2 aromatic heterocycles. The van der Waals surface area contributed by atoms with E-state index in [-0.39, 0.29) is 11.5 Å². The van der Waals surface area contributed by atoms with Crippen molar-refractivity contribution in [2.75, 3.05) is 6.61 Å². The summed E-state index contributed by atoms with van der Waals surface area (Å²) in [6.07, 6.45) is 0. The molecule has 180 valence electrons. The first-order valence-corrected chi connectivity index (χ1v) is 12.0. The average molecular weight is 479 g/mol. The number of ether oxygens (including phenoxy) is 2. The number of para-hydroxylation sites is 3. The molecule has 0 fully saturated rings. The van der Waals surface area contributed by atoms with Gasteiger partial charge in [0.2, 0.25) is 5.88 Å². The van der Waals surface area contributed by atoms with E-state index in [2.05, 4.69) is 5.10 Å². The SMILES string of the molecule is CCOc1cccc2c1Oc1c(c(C)nn1-c1ccccc1)C2c1c(C)[nH]n(-c2ccccc2)c1=O. The van der Waals surface area contributed by atoms with E-state index in [1.807, 2.05) is 99.6 Å². The lowest BCUT2D eigenvalue weighted by molar-refractivity contribution is 0.312. The largest absolute Gasteiger partial charge is 0.490 e. The molecule has 7 nitrogen and oxygen atoms in total. The highest BCUT2D eigenvalue weighted by Crippen LogP contribution is 2.52. The third kappa shape index (κ3) is 3.35. The lowest BCUT2D eigenvalue weighted by atomic mass is 9.83. The summed E-state index contributed by atoms with van der Waals surface area (Å²) >= 11 is 0. The van der Waals surface area contributed by atoms with Gasteiger partial charge in [-0.15, -0.1) is 0 Å². The Morgan fingerprint density at radius 1 is 0.917 bits per heavy atom. The molecule has 36 heavy (non-hydrogen) atoms. The first-order valence-electron chi connectivity index (χ1n) is 12.0. The summed E-state index contributed by atoms with van der Waals surface area (Å²) in [4.78, 5) is 13.9. The molecule has 1 unspecified atom stereocenters. The standard InChI is InChI=1S/C29H26N4O3/c1-4-35-23-17-11-16-22-26(24-18(2)30-32(28(24)34)20-12-7-5-8-13-20)25-19(3)31-33(29(25)36-27(22)23)21-14-9-6-10-15-21/h5-17,26,30H,4H2,1-3H3. The second kappa shape index (κ2) is 8.61. The van der Waals surface area contributed by atoms with Crippen molar-refractivity contribution in [2.45, 2.75) is 26.7 Å². The molecule has 1 atom stereocenters. The quantitative estimate of drug-likeness (QED) is 0.347. The summed E-state index contributed by atoms with van der Waals surface area (Å²) in [7, 11) is 0. The van der Waals surface area contributed by atoms with Gasteiger partial charge in [0.25, 0.3) is 5.56 Å². The van der Waals surface area contributed by atoms with Crippen LogP contribution >= 0.6 is 0 Å². The van der Waals surface area contributed by atoms with Gasteiger partial charge in [0.1, 0.15) is 0 Å². The highest BCUT2D eigenvalue weighted by Gasteiger charge is 2.39. The van der Waals surface area contributed by atoms with E-state index < -0.39 is 0 Å². The Labute approximate surface area is 208 Å². The Morgan fingerprint density at radius 2 is 1.61 bits per heavy atom. The number of nitrogens with zero attached hydrogens (tertiary/aromatic N) is 3. The maximum atomic E-state index is 13.9. The van der Waals surface area contributed by atoms with Crippen LogP contribution in [0, 0.1) is 13.8 Å². The first kappa shape index (κ1) is 22.0. The average Bonchev–Trinajstić information content (AvgIpc) is 3.39. The van der Waals surface area contributed by atoms with Gasteiger partial charge in [-0.2, -0.15) is 5.10 Å². The molecule has 7 heteroatoms. The van der Waals surface area contributed by atoms with Crippen LogP contribution in [-0.2, 0) is 0 Å². The van der Waals surface area contributed by atoms with Gasteiger partial charge in [0.15, 0.2) is 11.5 Å². The number of benzene rings is 3. The number of fused-ring (bicyclic) bond motifs is 2. The number of H-pyrrole nitrogens is 1. The van der Waals surface area contributed by atoms with Gasteiger partial charge >= 0.3 is 0 Å². The van der Waals surface area contributed by atoms with E-state index in [1.54, 1.807) is 9.36 Å². The van der Waals surface area contributed by atoms with E-state index in [0.29, 0.717) is 29.5 Å². The van der Waals surface area contributed by atoms with Gasteiger partial charge in [-0.1, -0.05) is 48.5 Å². The van der Waals surface area contributed by atoms with Crippen LogP contribution in [0.5, 0.6) is 17.4 Å². The van der Waals surface area contributed by atoms with Crippen molar-refractivity contribution in [1.82, 2.24) is 19.6 Å². The molecule has 6 rings (SSSR count). The van der Waals surface area contributed by atoms with E-state index in [1.165, 1.54) is 0 Å². The van der Waals surface area contributed by atoms with Crippen LogP contribution in [0.3, 0.4) is 0 Å². The van der Waals surface area contributed by atoms with E-state index in [4.69, 9.17) is 14.6 Å². The van der Waals surface area contributed by atoms with Crippen LogP contribution in [0.4, 0.5) is 0 Å². The van der Waals surface area contributed by atoms with Crippen molar-refractivity contribution in [1.29, 1.82) is 0 Å². The van der Waals surface area contributed by atoms with Gasteiger partial charge in [-0.05, 0) is 51.1 Å². The molecule has 0 amide bonds. The predicted molar refractivity (Wildman–Crippen MR) is 138 cm³/mol. The van der Waals surface area contributed by atoms with Gasteiger partial charge in [0.05, 0.1) is 40.7 Å². The Morgan fingerprint density at radius 3 is 2.31 bits per heavy atom. The van der Waals surface area contributed by atoms with Crippen molar-refractivity contribution in [2.24, 2.45) is 0 Å². The summed E-state index contributed by atoms with van der Waals surface area (Å²) in [5.41, 5.74) is 5.57. The van der Waals surface area contributed by atoms with Gasteiger partial charge in [0, 0.05) is 11.3 Å². The van der Waals surface area contributed by atoms with E-state index >= 15 is 0 Å². The number of aryl methyl sites for hydroxylation is 2. The summed E-state index contributed by atoms with van der Waals surface area (Å²) < 4.78 is 15.9. The van der Waals surface area contributed by atoms with Crippen molar-refractivity contribution < 1.29 is 9.47 Å². The fourth-order valence-corrected chi connectivity index (χ4v) is 5.04. The third-order valence-electron chi connectivity index (χ3n) is 6.59. The van der Waals surface area contributed by atoms with E-state index in [0.717, 1.165) is 33.9 Å². The molecule has 0 spiro atoms. The maximum absolute atomic E-state index is 13.9. The van der Waals surface area contributed by atoms with Crippen molar-refractivity contribution >= 4 is 0 Å². The monoisotopic (exact) mass is 478 g/mol. The lowest BCUT2D eigenvalue weighted by Crippen LogP contribution is -2.23. The second-order valence-corrected chi connectivity index (χ2v) is 8.82. The third-order valence-corrected chi connectivity index (χ3v) is 6.59. The Kier molecular flexibility index (Phi) is 5.25. The highest BCUT2D eigenvalue weighted by atomic mass is 16.5. The number of aromatic amines is 1. The predicted octanol–water partition coefficient (Wildman–Crippen LogP) is 5.65. The van der Waals surface area contributed by atoms with Crippen LogP contribution in [-0.4, -0.2) is 26.2 Å². The molecule has 0 saturated heterocycles. The topological polar surface area (TPSA) is 74.1 Å². The molecule has 3 heterocycles. The van der Waals surface area contributed by atoms with Crippen LogP contribution < -0.4 is 15.0 Å².